The monoisotopic (exact) mass is 382 g/mol. The van der Waals surface area contributed by atoms with Gasteiger partial charge in [0.25, 0.3) is 0 Å². The number of benzene rings is 2. The summed E-state index contributed by atoms with van der Waals surface area (Å²) < 4.78 is 12.9. The van der Waals surface area contributed by atoms with Gasteiger partial charge in [0.05, 0.1) is 6.54 Å². The molecule has 1 fully saturated rings. The molecule has 1 saturated heterocycles. The first kappa shape index (κ1) is 19.9. The number of hydrogen-bond acceptors (Lipinski definition) is 3. The highest BCUT2D eigenvalue weighted by Crippen LogP contribution is 2.12. The smallest absolute Gasteiger partial charge is 0.176 e. The van der Waals surface area contributed by atoms with E-state index in [2.05, 4.69) is 9.80 Å². The number of rotatable bonds is 5. The minimum Gasteiger partial charge on any atom is -0.297 e. The molecule has 0 N–H and O–H groups in total. The van der Waals surface area contributed by atoms with Crippen LogP contribution in [0.15, 0.2) is 48.5 Å². The van der Waals surface area contributed by atoms with Crippen LogP contribution >= 0.6 is 24.0 Å². The largest absolute Gasteiger partial charge is 0.297 e. The second-order valence-electron chi connectivity index (χ2n) is 6.11. The second-order valence-corrected chi connectivity index (χ2v) is 6.55. The molecule has 0 bridgehead atoms. The SMILES string of the molecule is Cl.O=C(CN1CCN(Cc2ccc(F)cc2)CC1)c1ccc(Cl)cc1. The van der Waals surface area contributed by atoms with E-state index in [4.69, 9.17) is 11.6 Å². The van der Waals surface area contributed by atoms with Crippen LogP contribution in [0.4, 0.5) is 4.39 Å². The Kier molecular flexibility index (Phi) is 7.38. The highest BCUT2D eigenvalue weighted by molar-refractivity contribution is 6.30. The predicted octanol–water partition coefficient (Wildman–Crippen LogP) is 3.90. The van der Waals surface area contributed by atoms with Crippen LogP contribution in [0.25, 0.3) is 0 Å². The Morgan fingerprint density at radius 1 is 0.920 bits per heavy atom. The van der Waals surface area contributed by atoms with Crippen LogP contribution in [0.1, 0.15) is 15.9 Å². The predicted molar refractivity (Wildman–Crippen MR) is 101 cm³/mol. The zero-order valence-corrected chi connectivity index (χ0v) is 15.4. The van der Waals surface area contributed by atoms with E-state index in [-0.39, 0.29) is 24.0 Å². The van der Waals surface area contributed by atoms with Crippen molar-refractivity contribution in [3.05, 3.63) is 70.5 Å². The molecule has 2 aromatic carbocycles. The third kappa shape index (κ3) is 5.79. The molecule has 0 atom stereocenters. The van der Waals surface area contributed by atoms with Crippen LogP contribution in [-0.2, 0) is 6.54 Å². The molecule has 0 amide bonds. The molecule has 1 aliphatic heterocycles. The van der Waals surface area contributed by atoms with Crippen LogP contribution in [-0.4, -0.2) is 48.3 Å². The maximum absolute atomic E-state index is 12.9. The Bertz CT molecular complexity index is 684. The van der Waals surface area contributed by atoms with E-state index in [1.807, 2.05) is 12.1 Å². The van der Waals surface area contributed by atoms with E-state index in [9.17, 15) is 9.18 Å². The molecular weight excluding hydrogens is 362 g/mol. The van der Waals surface area contributed by atoms with Crippen LogP contribution in [0.5, 0.6) is 0 Å². The second kappa shape index (κ2) is 9.30. The number of piperazine rings is 1. The lowest BCUT2D eigenvalue weighted by Crippen LogP contribution is -2.47. The summed E-state index contributed by atoms with van der Waals surface area (Å²) in [5.41, 5.74) is 1.82. The summed E-state index contributed by atoms with van der Waals surface area (Å²) in [7, 11) is 0. The fourth-order valence-corrected chi connectivity index (χ4v) is 3.01. The lowest BCUT2D eigenvalue weighted by molar-refractivity contribution is 0.0844. The molecule has 134 valence electrons. The van der Waals surface area contributed by atoms with Crippen molar-refractivity contribution in [1.82, 2.24) is 9.80 Å². The minimum absolute atomic E-state index is 0. The van der Waals surface area contributed by atoms with Crippen LogP contribution in [0.2, 0.25) is 5.02 Å². The summed E-state index contributed by atoms with van der Waals surface area (Å²) in [4.78, 5) is 16.8. The van der Waals surface area contributed by atoms with Crippen LogP contribution < -0.4 is 0 Å². The Hall–Kier alpha value is -1.46. The standard InChI is InChI=1S/C19H20ClFN2O.ClH/c20-17-5-3-16(4-6-17)19(24)14-23-11-9-22(10-12-23)13-15-1-7-18(21)8-2-15;/h1-8H,9-14H2;1H. The van der Waals surface area contributed by atoms with Crippen LogP contribution in [0.3, 0.4) is 0 Å². The van der Waals surface area contributed by atoms with Gasteiger partial charge in [0, 0.05) is 43.3 Å². The summed E-state index contributed by atoms with van der Waals surface area (Å²) in [6, 6.07) is 13.7. The Balaban J connectivity index is 0.00000225. The molecule has 3 nitrogen and oxygen atoms in total. The molecule has 2 aromatic rings. The molecule has 1 aliphatic rings. The van der Waals surface area contributed by atoms with Gasteiger partial charge in [-0.2, -0.15) is 0 Å². The Morgan fingerprint density at radius 3 is 2.08 bits per heavy atom. The summed E-state index contributed by atoms with van der Waals surface area (Å²) in [6.45, 7) is 4.79. The maximum Gasteiger partial charge on any atom is 0.176 e. The first-order chi connectivity index (χ1) is 11.6. The van der Waals surface area contributed by atoms with Crippen molar-refractivity contribution in [1.29, 1.82) is 0 Å². The van der Waals surface area contributed by atoms with E-state index in [1.54, 1.807) is 24.3 Å². The van der Waals surface area contributed by atoms with Crippen molar-refractivity contribution >= 4 is 29.8 Å². The highest BCUT2D eigenvalue weighted by atomic mass is 35.5. The van der Waals surface area contributed by atoms with Gasteiger partial charge in [-0.05, 0) is 42.0 Å². The van der Waals surface area contributed by atoms with Crippen molar-refractivity contribution in [2.45, 2.75) is 6.54 Å². The topological polar surface area (TPSA) is 23.6 Å². The minimum atomic E-state index is -0.204. The number of Topliss-reactive ketones (excluding diaryl/α,β-unsaturated/α-hetero) is 1. The van der Waals surface area contributed by atoms with Crippen molar-refractivity contribution < 1.29 is 9.18 Å². The molecule has 0 aromatic heterocycles. The molecule has 3 rings (SSSR count). The zero-order chi connectivity index (χ0) is 16.9. The average molecular weight is 383 g/mol. The van der Waals surface area contributed by atoms with Crippen molar-refractivity contribution in [3.63, 3.8) is 0 Å². The molecule has 1 heterocycles. The lowest BCUT2D eigenvalue weighted by Gasteiger charge is -2.34. The Morgan fingerprint density at radius 2 is 1.48 bits per heavy atom. The zero-order valence-electron chi connectivity index (χ0n) is 13.8. The molecular formula is C19H21Cl2FN2O. The van der Waals surface area contributed by atoms with Gasteiger partial charge in [0.2, 0.25) is 0 Å². The maximum atomic E-state index is 12.9. The summed E-state index contributed by atoms with van der Waals surface area (Å²) in [6.07, 6.45) is 0. The Labute approximate surface area is 158 Å². The van der Waals surface area contributed by atoms with Gasteiger partial charge in [-0.25, -0.2) is 4.39 Å². The lowest BCUT2D eigenvalue weighted by atomic mass is 10.1. The van der Waals surface area contributed by atoms with Gasteiger partial charge >= 0.3 is 0 Å². The van der Waals surface area contributed by atoms with Crippen molar-refractivity contribution in [2.75, 3.05) is 32.7 Å². The number of carbonyl (C=O) groups excluding carboxylic acids is 1. The van der Waals surface area contributed by atoms with E-state index in [0.29, 0.717) is 17.1 Å². The van der Waals surface area contributed by atoms with E-state index in [1.165, 1.54) is 12.1 Å². The van der Waals surface area contributed by atoms with E-state index >= 15 is 0 Å². The van der Waals surface area contributed by atoms with Crippen molar-refractivity contribution in [3.8, 4) is 0 Å². The fourth-order valence-electron chi connectivity index (χ4n) is 2.88. The molecule has 25 heavy (non-hydrogen) atoms. The van der Waals surface area contributed by atoms with Gasteiger partial charge in [0.1, 0.15) is 5.82 Å². The average Bonchev–Trinajstić information content (AvgIpc) is 2.59. The summed E-state index contributed by atoms with van der Waals surface area (Å²) in [5, 5.41) is 0.640. The van der Waals surface area contributed by atoms with Crippen molar-refractivity contribution in [2.24, 2.45) is 0 Å². The molecule has 0 aliphatic carbocycles. The third-order valence-corrected chi connectivity index (χ3v) is 4.57. The van der Waals surface area contributed by atoms with Gasteiger partial charge in [0.15, 0.2) is 5.78 Å². The first-order valence-corrected chi connectivity index (χ1v) is 8.46. The highest BCUT2D eigenvalue weighted by Gasteiger charge is 2.19. The van der Waals surface area contributed by atoms with Gasteiger partial charge in [-0.1, -0.05) is 23.7 Å². The first-order valence-electron chi connectivity index (χ1n) is 8.08. The number of ketones is 1. The molecule has 6 heteroatoms. The molecule has 0 spiro atoms. The van der Waals surface area contributed by atoms with Gasteiger partial charge in [-0.3, -0.25) is 14.6 Å². The number of nitrogens with zero attached hydrogens (tertiary/aromatic N) is 2. The number of hydrogen-bond donors (Lipinski definition) is 0. The van der Waals surface area contributed by atoms with Gasteiger partial charge in [-0.15, -0.1) is 12.4 Å². The summed E-state index contributed by atoms with van der Waals surface area (Å²) >= 11 is 5.85. The molecule has 0 saturated carbocycles. The van der Waals surface area contributed by atoms with E-state index < -0.39 is 0 Å². The van der Waals surface area contributed by atoms with E-state index in [0.717, 1.165) is 38.3 Å². The normalized spacial score (nSPS) is 15.6. The third-order valence-electron chi connectivity index (χ3n) is 4.32. The van der Waals surface area contributed by atoms with Crippen LogP contribution in [0, 0.1) is 5.82 Å². The number of halogens is 3. The summed E-state index contributed by atoms with van der Waals surface area (Å²) in [5.74, 6) is -0.0806. The molecule has 0 radical (unpaired) electrons. The van der Waals surface area contributed by atoms with Gasteiger partial charge < -0.3 is 0 Å². The molecule has 0 unspecified atom stereocenters. The quantitative estimate of drug-likeness (QED) is 0.732. The fraction of sp³-hybridized carbons (Fsp3) is 0.316. The number of carbonyl (C=O) groups is 1.